The predicted octanol–water partition coefficient (Wildman–Crippen LogP) is 3.20. The van der Waals surface area contributed by atoms with E-state index in [-0.39, 0.29) is 40.7 Å². The van der Waals surface area contributed by atoms with Gasteiger partial charge in [-0.2, -0.15) is 5.10 Å². The second-order valence-corrected chi connectivity index (χ2v) is 8.74. The fourth-order valence-corrected chi connectivity index (χ4v) is 3.90. The minimum atomic E-state index is -0.548. The molecule has 0 radical (unpaired) electrons. The molecule has 0 unspecified atom stereocenters. The van der Waals surface area contributed by atoms with E-state index in [1.807, 2.05) is 30.3 Å². The van der Waals surface area contributed by atoms with E-state index in [0.717, 1.165) is 11.1 Å². The Kier molecular flexibility index (Phi) is 8.00. The molecular formula is C28H28FN5O4. The molecule has 0 atom stereocenters. The molecule has 2 amide bonds. The van der Waals surface area contributed by atoms with Crippen LogP contribution in [0.15, 0.2) is 77.9 Å². The number of carbonyl (C=O) groups excluding carboxylic acids is 2. The number of rotatable bonds is 9. The van der Waals surface area contributed by atoms with Gasteiger partial charge in [0.2, 0.25) is 5.91 Å². The Morgan fingerprint density at radius 1 is 1.03 bits per heavy atom. The molecule has 4 rings (SSSR count). The third kappa shape index (κ3) is 5.97. The zero-order valence-electron chi connectivity index (χ0n) is 21.3. The van der Waals surface area contributed by atoms with Crippen LogP contribution in [0.4, 0.5) is 10.2 Å². The third-order valence-electron chi connectivity index (χ3n) is 6.10. The number of hydrogen-bond donors (Lipinski definition) is 1. The highest BCUT2D eigenvalue weighted by Crippen LogP contribution is 2.21. The van der Waals surface area contributed by atoms with E-state index < -0.39 is 11.7 Å². The zero-order chi connectivity index (χ0) is 27.2. The van der Waals surface area contributed by atoms with Crippen molar-refractivity contribution < 1.29 is 18.7 Å². The van der Waals surface area contributed by atoms with Gasteiger partial charge in [-0.1, -0.05) is 42.5 Å². The molecule has 1 N–H and O–H groups in total. The first kappa shape index (κ1) is 26.3. The number of ether oxygens (including phenoxy) is 1. The van der Waals surface area contributed by atoms with Crippen molar-refractivity contribution in [2.45, 2.75) is 26.6 Å². The van der Waals surface area contributed by atoms with E-state index in [0.29, 0.717) is 13.1 Å². The number of amides is 2. The number of hydrogen-bond acceptors (Lipinski definition) is 5. The molecule has 0 aliphatic heterocycles. The molecule has 0 aliphatic rings. The molecule has 0 saturated heterocycles. The predicted molar refractivity (Wildman–Crippen MR) is 141 cm³/mol. The highest BCUT2D eigenvalue weighted by Gasteiger charge is 2.22. The van der Waals surface area contributed by atoms with Gasteiger partial charge in [0, 0.05) is 44.5 Å². The standard InChI is InChI=1S/C28H28FN5O4/c1-19(35)32(2)27-23(28(37)30-15-22-7-6-8-24(38-3)26(22)29)18-34(31-27)17-21-12-10-20(11-13-21)16-33-14-5-4-9-25(33)36/h4-14,18H,15-17H2,1-3H3,(H,30,37). The van der Waals surface area contributed by atoms with Crippen LogP contribution in [0.1, 0.15) is 34.0 Å². The van der Waals surface area contributed by atoms with Crippen molar-refractivity contribution in [1.29, 1.82) is 0 Å². The van der Waals surface area contributed by atoms with Crippen LogP contribution in [-0.4, -0.2) is 40.3 Å². The summed E-state index contributed by atoms with van der Waals surface area (Å²) in [5.41, 5.74) is 2.26. The summed E-state index contributed by atoms with van der Waals surface area (Å²) in [6.45, 7) is 2.11. The normalized spacial score (nSPS) is 10.7. The van der Waals surface area contributed by atoms with E-state index in [2.05, 4.69) is 10.4 Å². The smallest absolute Gasteiger partial charge is 0.256 e. The molecule has 2 heterocycles. The van der Waals surface area contributed by atoms with E-state index in [4.69, 9.17) is 4.74 Å². The lowest BCUT2D eigenvalue weighted by Crippen LogP contribution is -2.28. The molecule has 0 bridgehead atoms. The first-order valence-corrected chi connectivity index (χ1v) is 11.9. The molecule has 9 nitrogen and oxygen atoms in total. The van der Waals surface area contributed by atoms with Crippen LogP contribution in [0.25, 0.3) is 0 Å². The second kappa shape index (κ2) is 11.5. The number of carbonyl (C=O) groups is 2. The number of aromatic nitrogens is 3. The van der Waals surface area contributed by atoms with Gasteiger partial charge in [-0.15, -0.1) is 0 Å². The van der Waals surface area contributed by atoms with E-state index in [1.54, 1.807) is 39.8 Å². The molecule has 2 aromatic heterocycles. The van der Waals surface area contributed by atoms with E-state index in [1.165, 1.54) is 38.1 Å². The highest BCUT2D eigenvalue weighted by atomic mass is 19.1. The van der Waals surface area contributed by atoms with Crippen molar-refractivity contribution in [3.8, 4) is 5.75 Å². The maximum absolute atomic E-state index is 14.5. The Morgan fingerprint density at radius 3 is 2.39 bits per heavy atom. The van der Waals surface area contributed by atoms with Crippen molar-refractivity contribution in [2.24, 2.45) is 0 Å². The maximum Gasteiger partial charge on any atom is 0.256 e. The fraction of sp³-hybridized carbons (Fsp3) is 0.214. The molecule has 0 spiro atoms. The van der Waals surface area contributed by atoms with Gasteiger partial charge < -0.3 is 14.6 Å². The van der Waals surface area contributed by atoms with Crippen molar-refractivity contribution in [1.82, 2.24) is 19.7 Å². The van der Waals surface area contributed by atoms with Crippen LogP contribution in [0.5, 0.6) is 5.75 Å². The van der Waals surface area contributed by atoms with Gasteiger partial charge in [0.1, 0.15) is 5.56 Å². The number of anilines is 1. The number of nitrogens with one attached hydrogen (secondary N) is 1. The van der Waals surface area contributed by atoms with Gasteiger partial charge in [0.05, 0.1) is 20.2 Å². The lowest BCUT2D eigenvalue weighted by Gasteiger charge is -2.14. The third-order valence-corrected chi connectivity index (χ3v) is 6.10. The summed E-state index contributed by atoms with van der Waals surface area (Å²) in [6, 6.07) is 17.4. The molecule has 10 heteroatoms. The van der Waals surface area contributed by atoms with Gasteiger partial charge in [-0.3, -0.25) is 24.0 Å². The van der Waals surface area contributed by atoms with Gasteiger partial charge in [0.25, 0.3) is 11.5 Å². The van der Waals surface area contributed by atoms with Crippen molar-refractivity contribution in [3.05, 3.63) is 111 Å². The molecule has 0 saturated carbocycles. The van der Waals surface area contributed by atoms with E-state index >= 15 is 0 Å². The number of nitrogens with zero attached hydrogens (tertiary/aromatic N) is 4. The lowest BCUT2D eigenvalue weighted by atomic mass is 10.1. The Labute approximate surface area is 219 Å². The quantitative estimate of drug-likeness (QED) is 0.368. The fourth-order valence-electron chi connectivity index (χ4n) is 3.90. The maximum atomic E-state index is 14.5. The van der Waals surface area contributed by atoms with E-state index in [9.17, 15) is 18.8 Å². The first-order valence-electron chi connectivity index (χ1n) is 11.9. The monoisotopic (exact) mass is 517 g/mol. The minimum absolute atomic E-state index is 0.0672. The Hall–Kier alpha value is -4.73. The molecule has 0 aliphatic carbocycles. The zero-order valence-corrected chi connectivity index (χ0v) is 21.3. The van der Waals surface area contributed by atoms with Crippen LogP contribution >= 0.6 is 0 Å². The number of pyridine rings is 1. The van der Waals surface area contributed by atoms with Gasteiger partial charge >= 0.3 is 0 Å². The van der Waals surface area contributed by atoms with Gasteiger partial charge in [-0.05, 0) is 23.3 Å². The summed E-state index contributed by atoms with van der Waals surface area (Å²) in [6.07, 6.45) is 3.30. The Bertz CT molecular complexity index is 1510. The molecule has 2 aromatic carbocycles. The average molecular weight is 518 g/mol. The SMILES string of the molecule is COc1cccc(CNC(=O)c2cn(Cc3ccc(Cn4ccccc4=O)cc3)nc2N(C)C(C)=O)c1F. The van der Waals surface area contributed by atoms with Crippen molar-refractivity contribution in [3.63, 3.8) is 0 Å². The summed E-state index contributed by atoms with van der Waals surface area (Å²) < 4.78 is 22.7. The Morgan fingerprint density at radius 2 is 1.74 bits per heavy atom. The van der Waals surface area contributed by atoms with Gasteiger partial charge in [0.15, 0.2) is 17.4 Å². The Balaban J connectivity index is 1.51. The second-order valence-electron chi connectivity index (χ2n) is 8.74. The molecule has 38 heavy (non-hydrogen) atoms. The minimum Gasteiger partial charge on any atom is -0.494 e. The summed E-state index contributed by atoms with van der Waals surface area (Å²) >= 11 is 0. The average Bonchev–Trinajstić information content (AvgIpc) is 3.33. The number of methoxy groups -OCH3 is 1. The van der Waals surface area contributed by atoms with Crippen LogP contribution < -0.4 is 20.5 Å². The molecule has 4 aromatic rings. The number of halogens is 1. The topological polar surface area (TPSA) is 98.5 Å². The van der Waals surface area contributed by atoms with Crippen molar-refractivity contribution >= 4 is 17.6 Å². The van der Waals surface area contributed by atoms with Crippen LogP contribution in [0.3, 0.4) is 0 Å². The van der Waals surface area contributed by atoms with Gasteiger partial charge in [-0.25, -0.2) is 4.39 Å². The summed E-state index contributed by atoms with van der Waals surface area (Å²) in [4.78, 5) is 38.4. The van der Waals surface area contributed by atoms with Crippen LogP contribution in [-0.2, 0) is 24.4 Å². The summed E-state index contributed by atoms with van der Waals surface area (Å²) in [7, 11) is 2.91. The molecule has 196 valence electrons. The lowest BCUT2D eigenvalue weighted by molar-refractivity contribution is -0.116. The van der Waals surface area contributed by atoms with Crippen molar-refractivity contribution in [2.75, 3.05) is 19.1 Å². The summed E-state index contributed by atoms with van der Waals surface area (Å²) in [5, 5.41) is 7.17. The highest BCUT2D eigenvalue weighted by molar-refractivity contribution is 6.02. The summed E-state index contributed by atoms with van der Waals surface area (Å²) in [5.74, 6) is -1.05. The number of benzene rings is 2. The first-order chi connectivity index (χ1) is 18.3. The largest absolute Gasteiger partial charge is 0.494 e. The molecular weight excluding hydrogens is 489 g/mol. The van der Waals surface area contributed by atoms with Crippen LogP contribution in [0, 0.1) is 5.82 Å². The molecule has 0 fully saturated rings. The van der Waals surface area contributed by atoms with Crippen LogP contribution in [0.2, 0.25) is 0 Å².